The molecule has 0 fully saturated rings. The molecule has 1 atom stereocenters. The molecule has 0 spiro atoms. The van der Waals surface area contributed by atoms with Gasteiger partial charge in [-0.3, -0.25) is 0 Å². The van der Waals surface area contributed by atoms with Gasteiger partial charge in [-0.25, -0.2) is 4.98 Å². The third kappa shape index (κ3) is 3.19. The maximum Gasteiger partial charge on any atom is 0.0900 e. The molecule has 0 bridgehead atoms. The summed E-state index contributed by atoms with van der Waals surface area (Å²) in [6, 6.07) is 0.286. The van der Waals surface area contributed by atoms with Crippen molar-refractivity contribution in [3.8, 4) is 0 Å². The number of rotatable bonds is 4. The van der Waals surface area contributed by atoms with Gasteiger partial charge in [0.15, 0.2) is 0 Å². The summed E-state index contributed by atoms with van der Waals surface area (Å²) < 4.78 is 0.967. The molecule has 1 heterocycles. The van der Waals surface area contributed by atoms with E-state index in [9.17, 15) is 0 Å². The van der Waals surface area contributed by atoms with E-state index < -0.39 is 0 Å². The summed E-state index contributed by atoms with van der Waals surface area (Å²) in [5.41, 5.74) is 1.15. The summed E-state index contributed by atoms with van der Waals surface area (Å²) >= 11 is 5.07. The minimum atomic E-state index is 0.286. The second kappa shape index (κ2) is 5.05. The highest BCUT2D eigenvalue weighted by Crippen LogP contribution is 2.22. The van der Waals surface area contributed by atoms with Gasteiger partial charge in [0.2, 0.25) is 0 Å². The maximum absolute atomic E-state index is 4.50. The first-order chi connectivity index (χ1) is 6.50. The van der Waals surface area contributed by atoms with Gasteiger partial charge in [0.05, 0.1) is 10.7 Å². The summed E-state index contributed by atoms with van der Waals surface area (Å²) in [7, 11) is 0. The van der Waals surface area contributed by atoms with Crippen molar-refractivity contribution in [1.29, 1.82) is 0 Å². The number of aromatic nitrogens is 1. The van der Waals surface area contributed by atoms with E-state index in [0.717, 1.165) is 21.7 Å². The van der Waals surface area contributed by atoms with Crippen LogP contribution in [-0.4, -0.2) is 11.5 Å². The minimum Gasteiger partial charge on any atom is -0.304 e. The van der Waals surface area contributed by atoms with Crippen LogP contribution in [0.25, 0.3) is 0 Å². The van der Waals surface area contributed by atoms with Gasteiger partial charge in [0, 0.05) is 21.9 Å². The van der Waals surface area contributed by atoms with Crippen LogP contribution in [0.1, 0.15) is 28.5 Å². The largest absolute Gasteiger partial charge is 0.304 e. The van der Waals surface area contributed by atoms with Crippen molar-refractivity contribution in [2.75, 3.05) is 6.54 Å². The van der Waals surface area contributed by atoms with E-state index in [1.54, 1.807) is 11.3 Å². The first-order valence-electron chi connectivity index (χ1n) is 4.51. The van der Waals surface area contributed by atoms with Crippen molar-refractivity contribution >= 4 is 27.3 Å². The smallest absolute Gasteiger partial charge is 0.0900 e. The molecule has 1 aromatic rings. The molecule has 1 aromatic heterocycles. The monoisotopic (exact) mass is 274 g/mol. The number of nitrogens with zero attached hydrogens (tertiary/aromatic N) is 1. The molecule has 1 N–H and O–H groups in total. The van der Waals surface area contributed by atoms with Crippen molar-refractivity contribution < 1.29 is 0 Å². The Balaban J connectivity index is 2.64. The predicted molar refractivity (Wildman–Crippen MR) is 66.1 cm³/mol. The molecule has 78 valence electrons. The zero-order valence-corrected chi connectivity index (χ0v) is 11.1. The summed E-state index contributed by atoms with van der Waals surface area (Å²) in [5, 5.41) is 4.48. The zero-order valence-electron chi connectivity index (χ0n) is 8.72. The molecule has 1 rings (SSSR count). The van der Waals surface area contributed by atoms with Gasteiger partial charge in [0.25, 0.3) is 0 Å². The number of halogens is 1. The summed E-state index contributed by atoms with van der Waals surface area (Å²) in [6.45, 7) is 10.8. The quantitative estimate of drug-likeness (QED) is 0.911. The Labute approximate surface area is 97.6 Å². The summed E-state index contributed by atoms with van der Waals surface area (Å²) in [6.07, 6.45) is 0. The fourth-order valence-corrected chi connectivity index (χ4v) is 2.38. The lowest BCUT2D eigenvalue weighted by atomic mass is 10.2. The van der Waals surface area contributed by atoms with Crippen LogP contribution in [0.5, 0.6) is 0 Å². The molecule has 14 heavy (non-hydrogen) atoms. The Morgan fingerprint density at radius 3 is 2.71 bits per heavy atom. The third-order valence-corrected chi connectivity index (χ3v) is 3.13. The standard InChI is InChI=1S/C10H15BrN2S/c1-6(11)5-12-7(2)10-8(3)14-9(4)13-10/h7,12H,1,5H2,2-4H3. The first kappa shape index (κ1) is 11.9. The summed E-state index contributed by atoms with van der Waals surface area (Å²) in [4.78, 5) is 5.79. The lowest BCUT2D eigenvalue weighted by Crippen LogP contribution is -2.20. The van der Waals surface area contributed by atoms with Crippen molar-refractivity contribution in [2.45, 2.75) is 26.8 Å². The fourth-order valence-electron chi connectivity index (χ4n) is 1.31. The molecule has 0 aliphatic heterocycles. The Morgan fingerprint density at radius 2 is 2.29 bits per heavy atom. The fraction of sp³-hybridized carbons (Fsp3) is 0.500. The molecule has 1 unspecified atom stereocenters. The highest BCUT2D eigenvalue weighted by molar-refractivity contribution is 9.11. The van der Waals surface area contributed by atoms with Gasteiger partial charge in [-0.2, -0.15) is 0 Å². The average molecular weight is 275 g/mol. The number of nitrogens with one attached hydrogen (secondary N) is 1. The second-order valence-corrected chi connectivity index (χ2v) is 5.82. The van der Waals surface area contributed by atoms with E-state index in [-0.39, 0.29) is 6.04 Å². The van der Waals surface area contributed by atoms with Crippen LogP contribution in [0.4, 0.5) is 0 Å². The van der Waals surface area contributed by atoms with E-state index in [2.05, 4.69) is 46.7 Å². The van der Waals surface area contributed by atoms with Crippen LogP contribution in [0.15, 0.2) is 11.1 Å². The minimum absolute atomic E-state index is 0.286. The first-order valence-corrected chi connectivity index (χ1v) is 6.12. The Morgan fingerprint density at radius 1 is 1.64 bits per heavy atom. The molecule has 0 aromatic carbocycles. The number of hydrogen-bond acceptors (Lipinski definition) is 3. The van der Waals surface area contributed by atoms with Gasteiger partial charge in [-0.15, -0.1) is 11.3 Å². The topological polar surface area (TPSA) is 24.9 Å². The molecule has 0 saturated carbocycles. The van der Waals surface area contributed by atoms with Crippen molar-refractivity contribution in [3.05, 3.63) is 26.6 Å². The van der Waals surface area contributed by atoms with Gasteiger partial charge < -0.3 is 5.32 Å². The van der Waals surface area contributed by atoms with Crippen LogP contribution in [0, 0.1) is 13.8 Å². The summed E-state index contributed by atoms with van der Waals surface area (Å²) in [5.74, 6) is 0. The zero-order chi connectivity index (χ0) is 10.7. The van der Waals surface area contributed by atoms with Crippen molar-refractivity contribution in [3.63, 3.8) is 0 Å². The van der Waals surface area contributed by atoms with Crippen LogP contribution in [-0.2, 0) is 0 Å². The molecular weight excluding hydrogens is 260 g/mol. The Hall–Kier alpha value is -0.190. The Bertz CT molecular complexity index is 333. The Kier molecular flexibility index (Phi) is 4.29. The molecule has 0 aliphatic rings. The second-order valence-electron chi connectivity index (χ2n) is 3.29. The van der Waals surface area contributed by atoms with Crippen LogP contribution >= 0.6 is 27.3 Å². The molecule has 0 radical (unpaired) electrons. The highest BCUT2D eigenvalue weighted by Gasteiger charge is 2.11. The average Bonchev–Trinajstić information content (AvgIpc) is 2.41. The van der Waals surface area contributed by atoms with Gasteiger partial charge in [-0.1, -0.05) is 22.5 Å². The van der Waals surface area contributed by atoms with Gasteiger partial charge >= 0.3 is 0 Å². The normalized spacial score (nSPS) is 12.9. The SMILES string of the molecule is C=C(Br)CNC(C)c1nc(C)sc1C. The number of thiazole rings is 1. The number of hydrogen-bond donors (Lipinski definition) is 1. The van der Waals surface area contributed by atoms with Crippen LogP contribution < -0.4 is 5.32 Å². The lowest BCUT2D eigenvalue weighted by molar-refractivity contribution is 0.599. The highest BCUT2D eigenvalue weighted by atomic mass is 79.9. The van der Waals surface area contributed by atoms with E-state index in [1.165, 1.54) is 4.88 Å². The van der Waals surface area contributed by atoms with E-state index in [0.29, 0.717) is 0 Å². The van der Waals surface area contributed by atoms with Gasteiger partial charge in [0.1, 0.15) is 0 Å². The van der Waals surface area contributed by atoms with E-state index in [1.807, 2.05) is 6.92 Å². The van der Waals surface area contributed by atoms with E-state index in [4.69, 9.17) is 0 Å². The lowest BCUT2D eigenvalue weighted by Gasteiger charge is -2.11. The van der Waals surface area contributed by atoms with E-state index >= 15 is 0 Å². The third-order valence-electron chi connectivity index (χ3n) is 1.95. The van der Waals surface area contributed by atoms with Crippen molar-refractivity contribution in [2.24, 2.45) is 0 Å². The molecule has 0 saturated heterocycles. The van der Waals surface area contributed by atoms with Crippen LogP contribution in [0.3, 0.4) is 0 Å². The van der Waals surface area contributed by atoms with Crippen molar-refractivity contribution in [1.82, 2.24) is 10.3 Å². The predicted octanol–water partition coefficient (Wildman–Crippen LogP) is 3.32. The maximum atomic E-state index is 4.50. The molecule has 0 amide bonds. The van der Waals surface area contributed by atoms with Crippen LogP contribution in [0.2, 0.25) is 0 Å². The molecule has 4 heteroatoms. The van der Waals surface area contributed by atoms with Gasteiger partial charge in [-0.05, 0) is 20.8 Å². The number of aryl methyl sites for hydroxylation is 2. The molecular formula is C10H15BrN2S. The molecule has 0 aliphatic carbocycles. The molecule has 2 nitrogen and oxygen atoms in total.